The van der Waals surface area contributed by atoms with E-state index in [9.17, 15) is 4.79 Å². The van der Waals surface area contributed by atoms with E-state index in [0.717, 1.165) is 33.7 Å². The zero-order valence-electron chi connectivity index (χ0n) is 16.0. The minimum absolute atomic E-state index is 0.0971. The molecular weight excluding hydrogens is 362 g/mol. The van der Waals surface area contributed by atoms with Gasteiger partial charge in [-0.1, -0.05) is 18.2 Å². The highest BCUT2D eigenvalue weighted by Crippen LogP contribution is 2.25. The summed E-state index contributed by atoms with van der Waals surface area (Å²) in [6, 6.07) is 19.2. The van der Waals surface area contributed by atoms with E-state index >= 15 is 0 Å². The van der Waals surface area contributed by atoms with Crippen molar-refractivity contribution in [2.45, 2.75) is 6.92 Å². The molecule has 2 aromatic heterocycles. The van der Waals surface area contributed by atoms with Crippen molar-refractivity contribution >= 4 is 40.3 Å². The van der Waals surface area contributed by atoms with Crippen LogP contribution in [0, 0.1) is 0 Å². The molecule has 0 bridgehead atoms. The minimum atomic E-state index is -0.0971. The average Bonchev–Trinajstić information content (AvgIpc) is 3.16. The van der Waals surface area contributed by atoms with Crippen LogP contribution in [-0.2, 0) is 0 Å². The molecule has 0 radical (unpaired) electrons. The molecule has 4 aromatic rings. The molecule has 2 aromatic carbocycles. The molecule has 6 nitrogen and oxygen atoms in total. The standard InChI is InChI=1S/C23H21N5O/c1-2-24-23(29)19-8-3-4-9-20(19)26-17-10-12-18-21(27-28-22(18)15-17)13-11-16-7-5-6-14-25-16/h3-15,26H,2H2,1H3,(H,24,29)(H,27,28)/b13-11+. The van der Waals surface area contributed by atoms with Crippen molar-refractivity contribution in [1.82, 2.24) is 20.5 Å². The highest BCUT2D eigenvalue weighted by atomic mass is 16.1. The van der Waals surface area contributed by atoms with E-state index in [1.165, 1.54) is 0 Å². The Morgan fingerprint density at radius 1 is 1.07 bits per heavy atom. The highest BCUT2D eigenvalue weighted by Gasteiger charge is 2.11. The molecule has 3 N–H and O–H groups in total. The number of anilines is 2. The van der Waals surface area contributed by atoms with Gasteiger partial charge in [-0.2, -0.15) is 5.10 Å². The molecule has 144 valence electrons. The Kier molecular flexibility index (Phi) is 5.33. The number of hydrogen-bond acceptors (Lipinski definition) is 4. The largest absolute Gasteiger partial charge is 0.355 e. The summed E-state index contributed by atoms with van der Waals surface area (Å²) >= 11 is 0. The number of rotatable bonds is 6. The van der Waals surface area contributed by atoms with Gasteiger partial charge in [0.1, 0.15) is 0 Å². The van der Waals surface area contributed by atoms with Crippen LogP contribution >= 0.6 is 0 Å². The van der Waals surface area contributed by atoms with Crippen LogP contribution in [0.25, 0.3) is 23.1 Å². The second-order valence-corrected chi connectivity index (χ2v) is 6.49. The van der Waals surface area contributed by atoms with Gasteiger partial charge < -0.3 is 10.6 Å². The Hall–Kier alpha value is -3.93. The van der Waals surface area contributed by atoms with Crippen LogP contribution in [0.4, 0.5) is 11.4 Å². The Labute approximate surface area is 168 Å². The summed E-state index contributed by atoms with van der Waals surface area (Å²) in [5.74, 6) is -0.0971. The van der Waals surface area contributed by atoms with Gasteiger partial charge in [0.05, 0.1) is 28.2 Å². The van der Waals surface area contributed by atoms with Crippen molar-refractivity contribution < 1.29 is 4.79 Å². The van der Waals surface area contributed by atoms with E-state index < -0.39 is 0 Å². The molecule has 0 saturated heterocycles. The van der Waals surface area contributed by atoms with Crippen LogP contribution < -0.4 is 10.6 Å². The van der Waals surface area contributed by atoms with Crippen LogP contribution in [0.5, 0.6) is 0 Å². The molecule has 0 atom stereocenters. The first-order valence-electron chi connectivity index (χ1n) is 9.46. The van der Waals surface area contributed by atoms with Gasteiger partial charge in [-0.3, -0.25) is 14.9 Å². The summed E-state index contributed by atoms with van der Waals surface area (Å²) < 4.78 is 0. The Balaban J connectivity index is 1.58. The SMILES string of the molecule is CCNC(=O)c1ccccc1Nc1ccc2c(/C=C/c3ccccn3)n[nH]c2c1. The number of aromatic nitrogens is 3. The van der Waals surface area contributed by atoms with E-state index in [1.807, 2.05) is 79.7 Å². The van der Waals surface area contributed by atoms with Crippen molar-refractivity contribution in [3.05, 3.63) is 83.8 Å². The van der Waals surface area contributed by atoms with Gasteiger partial charge in [0, 0.05) is 23.8 Å². The Bertz CT molecular complexity index is 1160. The van der Waals surface area contributed by atoms with Gasteiger partial charge in [-0.05, 0) is 61.5 Å². The third-order valence-corrected chi connectivity index (χ3v) is 4.48. The normalized spacial score (nSPS) is 11.1. The number of nitrogens with zero attached hydrogens (tertiary/aromatic N) is 2. The van der Waals surface area contributed by atoms with E-state index in [0.29, 0.717) is 12.1 Å². The monoisotopic (exact) mass is 383 g/mol. The molecule has 6 heteroatoms. The molecule has 29 heavy (non-hydrogen) atoms. The molecule has 0 aliphatic carbocycles. The molecule has 0 aliphatic heterocycles. The summed E-state index contributed by atoms with van der Waals surface area (Å²) in [5.41, 5.74) is 4.87. The lowest BCUT2D eigenvalue weighted by Gasteiger charge is -2.11. The number of benzene rings is 2. The Morgan fingerprint density at radius 3 is 2.76 bits per heavy atom. The molecule has 2 heterocycles. The fraction of sp³-hybridized carbons (Fsp3) is 0.0870. The number of pyridine rings is 1. The maximum Gasteiger partial charge on any atom is 0.253 e. The van der Waals surface area contributed by atoms with E-state index in [-0.39, 0.29) is 5.91 Å². The summed E-state index contributed by atoms with van der Waals surface area (Å²) in [6.45, 7) is 2.49. The number of fused-ring (bicyclic) bond motifs is 1. The first-order chi connectivity index (χ1) is 14.2. The lowest BCUT2D eigenvalue weighted by atomic mass is 10.1. The maximum absolute atomic E-state index is 12.3. The Morgan fingerprint density at radius 2 is 1.93 bits per heavy atom. The lowest BCUT2D eigenvalue weighted by molar-refractivity contribution is 0.0956. The molecule has 4 rings (SSSR count). The number of carbonyl (C=O) groups is 1. The molecule has 0 spiro atoms. The molecule has 0 saturated carbocycles. The highest BCUT2D eigenvalue weighted by molar-refractivity contribution is 6.00. The second-order valence-electron chi connectivity index (χ2n) is 6.49. The summed E-state index contributed by atoms with van der Waals surface area (Å²) in [4.78, 5) is 16.6. The predicted molar refractivity (Wildman–Crippen MR) is 117 cm³/mol. The zero-order valence-corrected chi connectivity index (χ0v) is 16.0. The summed E-state index contributed by atoms with van der Waals surface area (Å²) in [5, 5.41) is 14.7. The fourth-order valence-electron chi connectivity index (χ4n) is 3.09. The van der Waals surface area contributed by atoms with Crippen LogP contribution in [0.15, 0.2) is 66.9 Å². The predicted octanol–water partition coefficient (Wildman–Crippen LogP) is 4.62. The van der Waals surface area contributed by atoms with E-state index in [2.05, 4.69) is 25.8 Å². The van der Waals surface area contributed by atoms with Gasteiger partial charge >= 0.3 is 0 Å². The smallest absolute Gasteiger partial charge is 0.253 e. The first-order valence-corrected chi connectivity index (χ1v) is 9.46. The number of amides is 1. The molecule has 0 unspecified atom stereocenters. The summed E-state index contributed by atoms with van der Waals surface area (Å²) in [6.07, 6.45) is 5.64. The summed E-state index contributed by atoms with van der Waals surface area (Å²) in [7, 11) is 0. The second kappa shape index (κ2) is 8.39. The lowest BCUT2D eigenvalue weighted by Crippen LogP contribution is -2.23. The number of aromatic amines is 1. The number of H-pyrrole nitrogens is 1. The molecule has 0 aliphatic rings. The molecule has 0 fully saturated rings. The van der Waals surface area contributed by atoms with E-state index in [1.54, 1.807) is 6.20 Å². The van der Waals surface area contributed by atoms with Crippen molar-refractivity contribution in [3.63, 3.8) is 0 Å². The maximum atomic E-state index is 12.3. The van der Waals surface area contributed by atoms with Gasteiger partial charge in [-0.25, -0.2) is 0 Å². The number of para-hydroxylation sites is 1. The number of hydrogen-bond donors (Lipinski definition) is 3. The number of carbonyl (C=O) groups excluding carboxylic acids is 1. The molecule has 1 amide bonds. The quantitative estimate of drug-likeness (QED) is 0.454. The van der Waals surface area contributed by atoms with Crippen molar-refractivity contribution in [2.24, 2.45) is 0 Å². The van der Waals surface area contributed by atoms with Crippen LogP contribution in [0.3, 0.4) is 0 Å². The number of nitrogens with one attached hydrogen (secondary N) is 3. The third-order valence-electron chi connectivity index (χ3n) is 4.48. The van der Waals surface area contributed by atoms with Crippen LogP contribution in [-0.4, -0.2) is 27.6 Å². The average molecular weight is 383 g/mol. The van der Waals surface area contributed by atoms with Crippen molar-refractivity contribution in [3.8, 4) is 0 Å². The van der Waals surface area contributed by atoms with Gasteiger partial charge in [0.25, 0.3) is 5.91 Å². The third kappa shape index (κ3) is 4.16. The van der Waals surface area contributed by atoms with E-state index in [4.69, 9.17) is 0 Å². The van der Waals surface area contributed by atoms with Crippen LogP contribution in [0.1, 0.15) is 28.7 Å². The van der Waals surface area contributed by atoms with Crippen molar-refractivity contribution in [2.75, 3.05) is 11.9 Å². The van der Waals surface area contributed by atoms with Crippen LogP contribution in [0.2, 0.25) is 0 Å². The van der Waals surface area contributed by atoms with Gasteiger partial charge in [0.15, 0.2) is 0 Å². The fourth-order valence-corrected chi connectivity index (χ4v) is 3.09. The van der Waals surface area contributed by atoms with Gasteiger partial charge in [-0.15, -0.1) is 0 Å². The van der Waals surface area contributed by atoms with Gasteiger partial charge in [0.2, 0.25) is 0 Å². The topological polar surface area (TPSA) is 82.7 Å². The zero-order chi connectivity index (χ0) is 20.1. The minimum Gasteiger partial charge on any atom is -0.355 e. The van der Waals surface area contributed by atoms with Crippen molar-refractivity contribution in [1.29, 1.82) is 0 Å². The first kappa shape index (κ1) is 18.4. The molecular formula is C23H21N5O.